The first-order valence-corrected chi connectivity index (χ1v) is 13.3. The standard InChI is InChI=1S/C30H26F5N5O2/c31-18-10-16(11-19(32)14-18)12-24(27-20(5-3-9-37-27)17-7-8-23(33)22(13-17)30(36)42)38-26(41)15-40-25-6-2-1-4-21(25)28(39-40)29(34)35/h3,5,7-11,13-14,24,29H,1-2,4,6,12,15H2,(H2,36,42)(H,38,41). The number of amides is 2. The molecule has 0 radical (unpaired) electrons. The maximum atomic E-state index is 14.2. The molecule has 3 N–H and O–H groups in total. The minimum atomic E-state index is -2.78. The lowest BCUT2D eigenvalue weighted by Crippen LogP contribution is -2.34. The summed E-state index contributed by atoms with van der Waals surface area (Å²) >= 11 is 0. The van der Waals surface area contributed by atoms with Gasteiger partial charge in [0.15, 0.2) is 0 Å². The number of nitrogens with one attached hydrogen (secondary N) is 1. The van der Waals surface area contributed by atoms with Gasteiger partial charge in [-0.3, -0.25) is 19.3 Å². The molecule has 218 valence electrons. The van der Waals surface area contributed by atoms with Crippen LogP contribution < -0.4 is 11.1 Å². The van der Waals surface area contributed by atoms with Crippen molar-refractivity contribution in [2.45, 2.75) is 51.1 Å². The van der Waals surface area contributed by atoms with Gasteiger partial charge in [-0.15, -0.1) is 0 Å². The largest absolute Gasteiger partial charge is 0.366 e. The van der Waals surface area contributed by atoms with E-state index in [0.29, 0.717) is 41.3 Å². The predicted molar refractivity (Wildman–Crippen MR) is 143 cm³/mol. The Kier molecular flexibility index (Phi) is 8.32. The van der Waals surface area contributed by atoms with Crippen molar-refractivity contribution in [1.82, 2.24) is 20.1 Å². The van der Waals surface area contributed by atoms with Crippen LogP contribution in [0.4, 0.5) is 22.0 Å². The van der Waals surface area contributed by atoms with Gasteiger partial charge in [0.2, 0.25) is 5.91 Å². The molecule has 0 spiro atoms. The van der Waals surface area contributed by atoms with Crippen LogP contribution in [0.3, 0.4) is 0 Å². The van der Waals surface area contributed by atoms with Crippen LogP contribution in [-0.2, 0) is 30.6 Å². The highest BCUT2D eigenvalue weighted by atomic mass is 19.3. The Balaban J connectivity index is 1.52. The van der Waals surface area contributed by atoms with Crippen molar-refractivity contribution in [1.29, 1.82) is 0 Å². The Labute approximate surface area is 237 Å². The van der Waals surface area contributed by atoms with Gasteiger partial charge in [-0.2, -0.15) is 5.10 Å². The van der Waals surface area contributed by atoms with Crippen molar-refractivity contribution in [2.24, 2.45) is 5.73 Å². The molecule has 7 nitrogen and oxygen atoms in total. The molecule has 12 heteroatoms. The van der Waals surface area contributed by atoms with E-state index in [9.17, 15) is 31.5 Å². The first-order chi connectivity index (χ1) is 20.1. The number of carbonyl (C=O) groups excluding carboxylic acids is 2. The highest BCUT2D eigenvalue weighted by molar-refractivity contribution is 5.94. The fourth-order valence-electron chi connectivity index (χ4n) is 5.38. The maximum Gasteiger partial charge on any atom is 0.282 e. The Hall–Kier alpha value is -4.61. The number of fused-ring (bicyclic) bond motifs is 1. The van der Waals surface area contributed by atoms with E-state index in [1.54, 1.807) is 12.1 Å². The summed E-state index contributed by atoms with van der Waals surface area (Å²) in [6.45, 7) is -0.367. The maximum absolute atomic E-state index is 14.2. The minimum absolute atomic E-state index is 0.103. The third-order valence-electron chi connectivity index (χ3n) is 7.20. The molecule has 2 amide bonds. The van der Waals surface area contributed by atoms with E-state index in [-0.39, 0.29) is 35.5 Å². The van der Waals surface area contributed by atoms with Crippen LogP contribution in [0.15, 0.2) is 54.7 Å². The zero-order chi connectivity index (χ0) is 30.0. The summed E-state index contributed by atoms with van der Waals surface area (Å²) in [6, 6.07) is 8.93. The van der Waals surface area contributed by atoms with Crippen LogP contribution in [-0.4, -0.2) is 26.6 Å². The first kappa shape index (κ1) is 28.9. The number of alkyl halides is 2. The van der Waals surface area contributed by atoms with E-state index in [1.807, 2.05) is 0 Å². The van der Waals surface area contributed by atoms with Gasteiger partial charge in [0.05, 0.1) is 17.3 Å². The van der Waals surface area contributed by atoms with E-state index >= 15 is 0 Å². The normalized spacial score (nSPS) is 13.6. The van der Waals surface area contributed by atoms with Crippen molar-refractivity contribution in [3.63, 3.8) is 0 Å². The fourth-order valence-corrected chi connectivity index (χ4v) is 5.38. The van der Waals surface area contributed by atoms with Crippen LogP contribution >= 0.6 is 0 Å². The third kappa shape index (κ3) is 6.17. The molecule has 4 aromatic rings. The zero-order valence-electron chi connectivity index (χ0n) is 22.2. The van der Waals surface area contributed by atoms with Gasteiger partial charge in [-0.1, -0.05) is 12.1 Å². The molecule has 2 aromatic heterocycles. The van der Waals surface area contributed by atoms with Crippen molar-refractivity contribution in [3.8, 4) is 11.1 Å². The van der Waals surface area contributed by atoms with Crippen LogP contribution in [0.5, 0.6) is 0 Å². The average molecular weight is 584 g/mol. The van der Waals surface area contributed by atoms with Crippen molar-refractivity contribution in [3.05, 3.63) is 106 Å². The highest BCUT2D eigenvalue weighted by Gasteiger charge is 2.28. The predicted octanol–water partition coefficient (Wildman–Crippen LogP) is 5.38. The number of primary amides is 1. The minimum Gasteiger partial charge on any atom is -0.366 e. The van der Waals surface area contributed by atoms with E-state index < -0.39 is 41.7 Å². The second-order valence-electron chi connectivity index (χ2n) is 10.1. The molecule has 1 atom stereocenters. The molecule has 0 saturated carbocycles. The molecular weight excluding hydrogens is 557 g/mol. The number of benzene rings is 2. The third-order valence-corrected chi connectivity index (χ3v) is 7.20. The lowest BCUT2D eigenvalue weighted by molar-refractivity contribution is -0.122. The molecular formula is C30H26F5N5O2. The van der Waals surface area contributed by atoms with Gasteiger partial charge in [-0.25, -0.2) is 22.0 Å². The topological polar surface area (TPSA) is 103 Å². The van der Waals surface area contributed by atoms with Gasteiger partial charge in [-0.05, 0) is 73.6 Å². The molecule has 0 bridgehead atoms. The van der Waals surface area contributed by atoms with E-state index in [1.165, 1.54) is 23.0 Å². The Morgan fingerprint density at radius 1 is 0.976 bits per heavy atom. The lowest BCUT2D eigenvalue weighted by atomic mass is 9.94. The molecule has 1 aliphatic rings. The van der Waals surface area contributed by atoms with Crippen LogP contribution in [0.2, 0.25) is 0 Å². The number of pyridine rings is 1. The van der Waals surface area contributed by atoms with Crippen LogP contribution in [0.25, 0.3) is 11.1 Å². The quantitative estimate of drug-likeness (QED) is 0.259. The van der Waals surface area contributed by atoms with Crippen LogP contribution in [0.1, 0.15) is 63.9 Å². The Morgan fingerprint density at radius 2 is 1.71 bits per heavy atom. The zero-order valence-corrected chi connectivity index (χ0v) is 22.2. The average Bonchev–Trinajstić information content (AvgIpc) is 3.31. The second-order valence-corrected chi connectivity index (χ2v) is 10.1. The summed E-state index contributed by atoms with van der Waals surface area (Å²) in [5.74, 6) is -4.03. The van der Waals surface area contributed by atoms with Gasteiger partial charge < -0.3 is 11.1 Å². The number of hydrogen-bond donors (Lipinski definition) is 2. The summed E-state index contributed by atoms with van der Waals surface area (Å²) < 4.78 is 70.9. The monoisotopic (exact) mass is 583 g/mol. The first-order valence-electron chi connectivity index (χ1n) is 13.3. The number of rotatable bonds is 9. The summed E-state index contributed by atoms with van der Waals surface area (Å²) in [6.07, 6.45) is 1.04. The smallest absolute Gasteiger partial charge is 0.282 e. The van der Waals surface area contributed by atoms with Crippen molar-refractivity contribution < 1.29 is 31.5 Å². The van der Waals surface area contributed by atoms with Crippen molar-refractivity contribution >= 4 is 11.8 Å². The summed E-state index contributed by atoms with van der Waals surface area (Å²) in [7, 11) is 0. The molecule has 2 aromatic carbocycles. The molecule has 2 heterocycles. The molecule has 1 unspecified atom stereocenters. The summed E-state index contributed by atoms with van der Waals surface area (Å²) in [4.78, 5) is 29.6. The molecule has 0 fully saturated rings. The Bertz CT molecular complexity index is 1640. The van der Waals surface area contributed by atoms with E-state index in [0.717, 1.165) is 31.0 Å². The van der Waals surface area contributed by atoms with Crippen molar-refractivity contribution in [2.75, 3.05) is 0 Å². The van der Waals surface area contributed by atoms with Gasteiger partial charge >= 0.3 is 0 Å². The number of nitrogens with zero attached hydrogens (tertiary/aromatic N) is 3. The number of nitrogens with two attached hydrogens (primary N) is 1. The van der Waals surface area contributed by atoms with Gasteiger partial charge in [0.1, 0.15) is 29.7 Å². The van der Waals surface area contributed by atoms with Gasteiger partial charge in [0.25, 0.3) is 12.3 Å². The number of aromatic nitrogens is 3. The lowest BCUT2D eigenvalue weighted by Gasteiger charge is -2.22. The fraction of sp³-hybridized carbons (Fsp3) is 0.267. The van der Waals surface area contributed by atoms with E-state index in [4.69, 9.17) is 5.73 Å². The summed E-state index contributed by atoms with van der Waals surface area (Å²) in [5.41, 5.74) is 6.91. The van der Waals surface area contributed by atoms with Gasteiger partial charge in [0, 0.05) is 29.1 Å². The second kappa shape index (κ2) is 12.1. The molecule has 5 rings (SSSR count). The molecule has 1 aliphatic carbocycles. The summed E-state index contributed by atoms with van der Waals surface area (Å²) in [5, 5.41) is 6.84. The SMILES string of the molecule is NC(=O)c1cc(-c2cccnc2C(Cc2cc(F)cc(F)c2)NC(=O)Cn2nc(C(F)F)c3c2CCCC3)ccc1F. The number of hydrogen-bond acceptors (Lipinski definition) is 4. The molecule has 0 saturated heterocycles. The Morgan fingerprint density at radius 3 is 2.43 bits per heavy atom. The highest BCUT2D eigenvalue weighted by Crippen LogP contribution is 2.32. The molecule has 0 aliphatic heterocycles. The number of carbonyl (C=O) groups is 2. The molecule has 42 heavy (non-hydrogen) atoms. The van der Waals surface area contributed by atoms with E-state index in [2.05, 4.69) is 15.4 Å². The van der Waals surface area contributed by atoms with Crippen LogP contribution in [0, 0.1) is 17.5 Å². The number of halogens is 5.